The molecule has 0 amide bonds. The van der Waals surface area contributed by atoms with Crippen LogP contribution in [-0.4, -0.2) is 8.42 Å². The molecule has 2 heterocycles. The minimum Gasteiger partial charge on any atom is -0.451 e. The van der Waals surface area contributed by atoms with Crippen LogP contribution in [0.2, 0.25) is 0 Å². The highest BCUT2D eigenvalue weighted by molar-refractivity contribution is 7.92. The van der Waals surface area contributed by atoms with Crippen molar-refractivity contribution in [2.24, 2.45) is 0 Å². The molecule has 1 aromatic carbocycles. The average molecular weight is 344 g/mol. The Morgan fingerprint density at radius 2 is 2.04 bits per heavy atom. The monoisotopic (exact) mass is 344 g/mol. The van der Waals surface area contributed by atoms with Gasteiger partial charge in [-0.1, -0.05) is 12.1 Å². The van der Waals surface area contributed by atoms with Crippen LogP contribution in [-0.2, 0) is 10.0 Å². The molecule has 0 aliphatic heterocycles. The lowest BCUT2D eigenvalue weighted by Crippen LogP contribution is -2.13. The number of anilines is 1. The van der Waals surface area contributed by atoms with Crippen LogP contribution in [0.3, 0.4) is 0 Å². The molecular weight excluding hydrogens is 332 g/mol. The molecule has 0 saturated heterocycles. The first-order valence-corrected chi connectivity index (χ1v) is 8.97. The van der Waals surface area contributed by atoms with Crippen molar-refractivity contribution >= 4 is 27.0 Å². The van der Waals surface area contributed by atoms with Gasteiger partial charge in [0.2, 0.25) is 5.09 Å². The lowest BCUT2D eigenvalue weighted by atomic mass is 10.1. The molecule has 0 atom stereocenters. The summed E-state index contributed by atoms with van der Waals surface area (Å²) >= 11 is 1.36. The summed E-state index contributed by atoms with van der Waals surface area (Å²) in [5.74, 6) is 0. The van der Waals surface area contributed by atoms with Gasteiger partial charge in [0, 0.05) is 4.88 Å². The fraction of sp³-hybridized carbons (Fsp3) is 0.0625. The fourth-order valence-corrected chi connectivity index (χ4v) is 3.90. The molecule has 23 heavy (non-hydrogen) atoms. The van der Waals surface area contributed by atoms with E-state index in [9.17, 15) is 8.42 Å². The van der Waals surface area contributed by atoms with Crippen LogP contribution in [0.5, 0.6) is 0 Å². The third-order valence-electron chi connectivity index (χ3n) is 3.24. The Bertz CT molecular complexity index is 981. The topological polar surface area (TPSA) is 83.1 Å². The number of hydrogen-bond donors (Lipinski definition) is 1. The zero-order chi connectivity index (χ0) is 16.4. The molecule has 0 spiro atoms. The molecule has 0 fully saturated rings. The standard InChI is InChI=1S/C16H12N2O3S2/c1-11-4-5-12(15-7-6-13(10-17)22-15)9-14(11)18-23(19,20)16-3-2-8-21-16/h2-9,18H,1H3. The average Bonchev–Trinajstić information content (AvgIpc) is 3.20. The van der Waals surface area contributed by atoms with Crippen molar-refractivity contribution in [1.29, 1.82) is 5.26 Å². The normalized spacial score (nSPS) is 11.1. The number of thiophene rings is 1. The molecule has 0 saturated carbocycles. The van der Waals surface area contributed by atoms with Gasteiger partial charge in [-0.3, -0.25) is 4.72 Å². The molecule has 1 N–H and O–H groups in total. The highest BCUT2D eigenvalue weighted by Gasteiger charge is 2.18. The Morgan fingerprint density at radius 3 is 2.70 bits per heavy atom. The van der Waals surface area contributed by atoms with Crippen LogP contribution in [0.1, 0.15) is 10.4 Å². The Balaban J connectivity index is 1.97. The molecule has 7 heteroatoms. The van der Waals surface area contributed by atoms with Crippen molar-refractivity contribution in [2.75, 3.05) is 4.72 Å². The van der Waals surface area contributed by atoms with Crippen LogP contribution in [0, 0.1) is 18.3 Å². The molecule has 5 nitrogen and oxygen atoms in total. The van der Waals surface area contributed by atoms with E-state index in [4.69, 9.17) is 9.68 Å². The van der Waals surface area contributed by atoms with E-state index >= 15 is 0 Å². The highest BCUT2D eigenvalue weighted by Crippen LogP contribution is 2.31. The van der Waals surface area contributed by atoms with Gasteiger partial charge in [0.05, 0.1) is 12.0 Å². The summed E-state index contributed by atoms with van der Waals surface area (Å²) in [5, 5.41) is 8.78. The number of rotatable bonds is 4. The zero-order valence-corrected chi connectivity index (χ0v) is 13.7. The van der Waals surface area contributed by atoms with Crippen molar-refractivity contribution < 1.29 is 12.8 Å². The number of nitrogens with zero attached hydrogens (tertiary/aromatic N) is 1. The molecule has 0 aliphatic carbocycles. The van der Waals surface area contributed by atoms with E-state index < -0.39 is 10.0 Å². The van der Waals surface area contributed by atoms with E-state index in [0.717, 1.165) is 16.0 Å². The van der Waals surface area contributed by atoms with Crippen molar-refractivity contribution in [1.82, 2.24) is 0 Å². The summed E-state index contributed by atoms with van der Waals surface area (Å²) in [4.78, 5) is 1.51. The summed E-state index contributed by atoms with van der Waals surface area (Å²) in [5.41, 5.74) is 2.12. The van der Waals surface area contributed by atoms with Gasteiger partial charge in [-0.25, -0.2) is 0 Å². The number of furan rings is 1. The Hall–Kier alpha value is -2.56. The van der Waals surface area contributed by atoms with Crippen LogP contribution < -0.4 is 4.72 Å². The number of aryl methyl sites for hydroxylation is 1. The maximum absolute atomic E-state index is 12.3. The maximum atomic E-state index is 12.3. The SMILES string of the molecule is Cc1ccc(-c2ccc(C#N)s2)cc1NS(=O)(=O)c1ccco1. The maximum Gasteiger partial charge on any atom is 0.295 e. The minimum absolute atomic E-state index is 0.134. The van der Waals surface area contributed by atoms with E-state index in [1.54, 1.807) is 12.1 Å². The number of nitrogens with one attached hydrogen (secondary N) is 1. The molecule has 0 radical (unpaired) electrons. The van der Waals surface area contributed by atoms with E-state index in [2.05, 4.69) is 10.8 Å². The van der Waals surface area contributed by atoms with E-state index in [1.165, 1.54) is 29.7 Å². The lowest BCUT2D eigenvalue weighted by molar-refractivity contribution is 0.452. The highest BCUT2D eigenvalue weighted by atomic mass is 32.2. The van der Waals surface area contributed by atoms with Gasteiger partial charge >= 0.3 is 0 Å². The number of benzene rings is 1. The van der Waals surface area contributed by atoms with E-state index in [1.807, 2.05) is 25.1 Å². The Labute approximate surface area is 137 Å². The molecule has 2 aromatic heterocycles. The van der Waals surface area contributed by atoms with Gasteiger partial charge in [-0.2, -0.15) is 13.7 Å². The first-order chi connectivity index (χ1) is 11.0. The molecule has 0 aliphatic rings. The van der Waals surface area contributed by atoms with Crippen LogP contribution in [0.4, 0.5) is 5.69 Å². The number of sulfonamides is 1. The molecule has 3 rings (SSSR count). The smallest absolute Gasteiger partial charge is 0.295 e. The van der Waals surface area contributed by atoms with Gasteiger partial charge < -0.3 is 4.42 Å². The summed E-state index contributed by atoms with van der Waals surface area (Å²) in [6, 6.07) is 14.1. The summed E-state index contributed by atoms with van der Waals surface area (Å²) in [7, 11) is -3.76. The predicted molar refractivity (Wildman–Crippen MR) is 88.7 cm³/mol. The second-order valence-electron chi connectivity index (χ2n) is 4.84. The van der Waals surface area contributed by atoms with Crippen LogP contribution in [0.25, 0.3) is 10.4 Å². The Morgan fingerprint density at radius 1 is 1.22 bits per heavy atom. The second kappa shape index (κ2) is 5.91. The molecule has 116 valence electrons. The van der Waals surface area contributed by atoms with E-state index in [-0.39, 0.29) is 5.09 Å². The molecule has 3 aromatic rings. The third-order valence-corrected chi connectivity index (χ3v) is 5.53. The van der Waals surface area contributed by atoms with Crippen molar-refractivity contribution in [3.05, 3.63) is 59.2 Å². The molecule has 0 unspecified atom stereocenters. The van der Waals surface area contributed by atoms with E-state index in [0.29, 0.717) is 10.6 Å². The van der Waals surface area contributed by atoms with Gasteiger partial charge in [0.25, 0.3) is 10.0 Å². The Kier molecular flexibility index (Phi) is 3.94. The van der Waals surface area contributed by atoms with Crippen molar-refractivity contribution in [3.63, 3.8) is 0 Å². The van der Waals surface area contributed by atoms with Gasteiger partial charge in [0.15, 0.2) is 0 Å². The van der Waals surface area contributed by atoms with Gasteiger partial charge in [0.1, 0.15) is 10.9 Å². The van der Waals surface area contributed by atoms with Gasteiger partial charge in [-0.05, 0) is 48.4 Å². The van der Waals surface area contributed by atoms with Gasteiger partial charge in [-0.15, -0.1) is 11.3 Å². The lowest BCUT2D eigenvalue weighted by Gasteiger charge is -2.10. The quantitative estimate of drug-likeness (QED) is 0.776. The van der Waals surface area contributed by atoms with Crippen LogP contribution >= 0.6 is 11.3 Å². The largest absolute Gasteiger partial charge is 0.451 e. The third kappa shape index (κ3) is 3.13. The molecule has 0 bridgehead atoms. The summed E-state index contributed by atoms with van der Waals surface area (Å²) < 4.78 is 32.0. The van der Waals surface area contributed by atoms with Crippen molar-refractivity contribution in [2.45, 2.75) is 12.0 Å². The van der Waals surface area contributed by atoms with Crippen molar-refractivity contribution in [3.8, 4) is 16.5 Å². The fourth-order valence-electron chi connectivity index (χ4n) is 2.05. The van der Waals surface area contributed by atoms with Crippen LogP contribution in [0.15, 0.2) is 58.2 Å². The number of hydrogen-bond acceptors (Lipinski definition) is 5. The zero-order valence-electron chi connectivity index (χ0n) is 12.1. The second-order valence-corrected chi connectivity index (χ2v) is 7.54. The molecular formula is C16H12N2O3S2. The predicted octanol–water partition coefficient (Wildman–Crippen LogP) is 3.99. The first-order valence-electron chi connectivity index (χ1n) is 6.67. The number of nitriles is 1. The summed E-state index contributed by atoms with van der Waals surface area (Å²) in [6.45, 7) is 1.82. The first kappa shape index (κ1) is 15.3. The minimum atomic E-state index is -3.76. The summed E-state index contributed by atoms with van der Waals surface area (Å²) in [6.07, 6.45) is 1.31.